The fourth-order valence-corrected chi connectivity index (χ4v) is 2.43. The molecule has 0 aliphatic heterocycles. The van der Waals surface area contributed by atoms with Gasteiger partial charge >= 0.3 is 17.8 Å². The molecule has 0 radical (unpaired) electrons. The molecule has 0 saturated heterocycles. The highest BCUT2D eigenvalue weighted by Gasteiger charge is 2.20. The standard InChI is InChI=1S/C6H9N3O3.C6H7N3O2.C5H5N3O3/c1-4(10)5-3-7-6(8(5)2)9(11)12;1-3-5-4-7-6(8(5)2)9(10)11;1-7-4(3-9)2-6-5(7)8(10)11/h3-4,10H,1-2H3;3-4H,1H2,2H3;2-3H,1H3. The Balaban J connectivity index is 0.000000255. The second-order valence-electron chi connectivity index (χ2n) is 6.40. The average molecular weight is 479 g/mol. The number of nitro groups is 3. The van der Waals surface area contributed by atoms with Gasteiger partial charge in [-0.25, -0.2) is 13.7 Å². The van der Waals surface area contributed by atoms with Gasteiger partial charge in [0.15, 0.2) is 12.0 Å². The van der Waals surface area contributed by atoms with Crippen LogP contribution in [0.1, 0.15) is 34.9 Å². The van der Waals surface area contributed by atoms with Crippen molar-refractivity contribution in [2.24, 2.45) is 21.1 Å². The van der Waals surface area contributed by atoms with Gasteiger partial charge in [-0.3, -0.25) is 4.79 Å². The first-order valence-corrected chi connectivity index (χ1v) is 9.11. The van der Waals surface area contributed by atoms with Crippen molar-refractivity contribution in [1.29, 1.82) is 0 Å². The molecule has 0 fully saturated rings. The van der Waals surface area contributed by atoms with Crippen molar-refractivity contribution in [3.63, 3.8) is 0 Å². The minimum Gasteiger partial charge on any atom is -0.390 e. The van der Waals surface area contributed by atoms with Crippen LogP contribution in [0.2, 0.25) is 0 Å². The Hall–Kier alpha value is -4.80. The van der Waals surface area contributed by atoms with Gasteiger partial charge in [0.1, 0.15) is 36.1 Å². The topological polar surface area (TPSA) is 220 Å². The Morgan fingerprint density at radius 3 is 1.47 bits per heavy atom. The van der Waals surface area contributed by atoms with Crippen LogP contribution in [0.3, 0.4) is 0 Å². The summed E-state index contributed by atoms with van der Waals surface area (Å²) in [6.45, 7) is 5.01. The second kappa shape index (κ2) is 11.7. The third kappa shape index (κ3) is 6.36. The number of carbonyl (C=O) groups excluding carboxylic acids is 1. The van der Waals surface area contributed by atoms with Crippen LogP contribution in [-0.2, 0) is 21.1 Å². The zero-order chi connectivity index (χ0) is 26.2. The normalized spacial score (nSPS) is 10.7. The number of rotatable bonds is 6. The van der Waals surface area contributed by atoms with Crippen LogP contribution in [0, 0.1) is 30.3 Å². The lowest BCUT2D eigenvalue weighted by atomic mass is 10.3. The van der Waals surface area contributed by atoms with Crippen LogP contribution in [-0.4, -0.2) is 54.8 Å². The molecule has 3 rings (SSSR count). The van der Waals surface area contributed by atoms with E-state index in [1.165, 1.54) is 48.6 Å². The molecule has 3 heterocycles. The minimum atomic E-state index is -0.740. The van der Waals surface area contributed by atoms with E-state index in [9.17, 15) is 35.1 Å². The summed E-state index contributed by atoms with van der Waals surface area (Å²) in [6, 6.07) is 0. The largest absolute Gasteiger partial charge is 0.434 e. The Morgan fingerprint density at radius 1 is 0.853 bits per heavy atom. The van der Waals surface area contributed by atoms with Crippen molar-refractivity contribution in [2.75, 3.05) is 0 Å². The molecular weight excluding hydrogens is 458 g/mol. The van der Waals surface area contributed by atoms with Gasteiger partial charge in [-0.2, -0.15) is 0 Å². The minimum absolute atomic E-state index is 0.167. The monoisotopic (exact) mass is 479 g/mol. The van der Waals surface area contributed by atoms with Gasteiger partial charge in [0.05, 0.1) is 21.1 Å². The van der Waals surface area contributed by atoms with E-state index in [0.717, 1.165) is 10.8 Å². The van der Waals surface area contributed by atoms with Crippen LogP contribution in [0.4, 0.5) is 17.8 Å². The molecule has 0 spiro atoms. The fourth-order valence-electron chi connectivity index (χ4n) is 2.43. The maximum atomic E-state index is 10.3. The van der Waals surface area contributed by atoms with Gasteiger partial charge in [0.2, 0.25) is 0 Å². The van der Waals surface area contributed by atoms with Gasteiger partial charge in [0, 0.05) is 0 Å². The van der Waals surface area contributed by atoms with Crippen molar-refractivity contribution < 1.29 is 24.7 Å². The number of nitrogens with zero attached hydrogens (tertiary/aromatic N) is 9. The van der Waals surface area contributed by atoms with E-state index in [1.807, 2.05) is 0 Å². The van der Waals surface area contributed by atoms with Crippen molar-refractivity contribution in [2.45, 2.75) is 13.0 Å². The molecule has 3 aromatic rings. The van der Waals surface area contributed by atoms with Gasteiger partial charge in [0.25, 0.3) is 0 Å². The number of aromatic nitrogens is 6. The van der Waals surface area contributed by atoms with E-state index in [4.69, 9.17) is 5.11 Å². The van der Waals surface area contributed by atoms with Crippen molar-refractivity contribution in [1.82, 2.24) is 28.7 Å². The lowest BCUT2D eigenvalue weighted by Gasteiger charge is -2.00. The van der Waals surface area contributed by atoms with Crippen LogP contribution < -0.4 is 0 Å². The smallest absolute Gasteiger partial charge is 0.390 e. The summed E-state index contributed by atoms with van der Waals surface area (Å²) < 4.78 is 3.74. The lowest BCUT2D eigenvalue weighted by molar-refractivity contribution is -0.396. The molecular formula is C17H21N9O8. The summed E-state index contributed by atoms with van der Waals surface area (Å²) in [5.41, 5.74) is 1.26. The molecule has 0 aliphatic rings. The fraction of sp³-hybridized carbons (Fsp3) is 0.294. The maximum Gasteiger partial charge on any atom is 0.434 e. The molecule has 0 amide bonds. The molecule has 17 nitrogen and oxygen atoms in total. The zero-order valence-electron chi connectivity index (χ0n) is 18.5. The second-order valence-corrected chi connectivity index (χ2v) is 6.40. The predicted octanol–water partition coefficient (Wildman–Crippen LogP) is 1.49. The number of hydrogen-bond acceptors (Lipinski definition) is 11. The Morgan fingerprint density at radius 2 is 1.24 bits per heavy atom. The first-order valence-electron chi connectivity index (χ1n) is 9.11. The van der Waals surface area contributed by atoms with Gasteiger partial charge in [-0.05, 0) is 27.8 Å². The molecule has 182 valence electrons. The van der Waals surface area contributed by atoms with E-state index in [1.54, 1.807) is 7.05 Å². The van der Waals surface area contributed by atoms with Crippen molar-refractivity contribution in [3.05, 3.63) is 72.6 Å². The van der Waals surface area contributed by atoms with E-state index >= 15 is 0 Å². The first-order chi connectivity index (χ1) is 15.9. The number of aliphatic hydroxyl groups is 1. The van der Waals surface area contributed by atoms with Crippen molar-refractivity contribution in [3.8, 4) is 0 Å². The third-order valence-corrected chi connectivity index (χ3v) is 4.25. The Bertz CT molecular complexity index is 1150. The molecule has 1 unspecified atom stereocenters. The number of hydrogen-bond donors (Lipinski definition) is 1. The molecule has 0 aliphatic carbocycles. The third-order valence-electron chi connectivity index (χ3n) is 4.25. The quantitative estimate of drug-likeness (QED) is 0.303. The van der Waals surface area contributed by atoms with E-state index < -0.39 is 20.9 Å². The number of aliphatic hydroxyl groups excluding tert-OH is 1. The summed E-state index contributed by atoms with van der Waals surface area (Å²) in [6.07, 6.45) is 5.15. The molecule has 17 heteroatoms. The van der Waals surface area contributed by atoms with Crippen molar-refractivity contribution >= 4 is 30.2 Å². The average Bonchev–Trinajstić information content (AvgIpc) is 3.44. The number of aldehydes is 1. The number of imidazole rings is 3. The van der Waals surface area contributed by atoms with Crippen LogP contribution in [0.25, 0.3) is 6.08 Å². The molecule has 1 N–H and O–H groups in total. The van der Waals surface area contributed by atoms with Gasteiger partial charge in [-0.1, -0.05) is 21.5 Å². The number of carbonyl (C=O) groups is 1. The summed E-state index contributed by atoms with van der Waals surface area (Å²) in [5.74, 6) is -0.752. The highest BCUT2D eigenvalue weighted by atomic mass is 16.6. The molecule has 0 bridgehead atoms. The van der Waals surface area contributed by atoms with Crippen LogP contribution in [0.15, 0.2) is 25.2 Å². The maximum absolute atomic E-state index is 10.3. The summed E-state index contributed by atoms with van der Waals surface area (Å²) in [5, 5.41) is 39.8. The highest BCUT2D eigenvalue weighted by Crippen LogP contribution is 2.16. The molecule has 0 aromatic carbocycles. The Kier molecular flexibility index (Phi) is 9.38. The molecule has 34 heavy (non-hydrogen) atoms. The van der Waals surface area contributed by atoms with Gasteiger partial charge in [-0.15, -0.1) is 0 Å². The molecule has 3 aromatic heterocycles. The highest BCUT2D eigenvalue weighted by molar-refractivity contribution is 5.72. The SMILES string of the molecule is C=Cc1cnc([N+](=O)[O-])n1C.CC(O)c1cnc([N+](=O)[O-])n1C.Cn1c(C=O)cnc1[N+](=O)[O-]. The molecule has 0 saturated carbocycles. The summed E-state index contributed by atoms with van der Waals surface area (Å²) >= 11 is 0. The van der Waals surface area contributed by atoms with Gasteiger partial charge < -0.3 is 35.4 Å². The van der Waals surface area contributed by atoms with Crippen LogP contribution in [0.5, 0.6) is 0 Å². The molecule has 1 atom stereocenters. The summed E-state index contributed by atoms with van der Waals surface area (Å²) in [7, 11) is 4.48. The van der Waals surface area contributed by atoms with E-state index in [-0.39, 0.29) is 23.5 Å². The Labute approximate surface area is 191 Å². The van der Waals surface area contributed by atoms with E-state index in [0.29, 0.717) is 17.7 Å². The summed E-state index contributed by atoms with van der Waals surface area (Å²) in [4.78, 5) is 49.6. The lowest BCUT2D eigenvalue weighted by Crippen LogP contribution is -2.03. The van der Waals surface area contributed by atoms with E-state index in [2.05, 4.69) is 21.5 Å². The first kappa shape index (κ1) is 27.2. The predicted molar refractivity (Wildman–Crippen MR) is 116 cm³/mol. The van der Waals surface area contributed by atoms with Crippen LogP contribution >= 0.6 is 0 Å². The zero-order valence-corrected chi connectivity index (χ0v) is 18.5.